The minimum absolute atomic E-state index is 0.0128. The number of piperidine rings is 1. The average molecular weight is 384 g/mol. The average Bonchev–Trinajstić information content (AvgIpc) is 2.73. The molecule has 1 aliphatic heterocycles. The Morgan fingerprint density at radius 3 is 2.46 bits per heavy atom. The molecule has 0 aliphatic carbocycles. The zero-order chi connectivity index (χ0) is 19.9. The van der Waals surface area contributed by atoms with E-state index in [4.69, 9.17) is 4.74 Å². The van der Waals surface area contributed by atoms with Crippen LogP contribution in [-0.2, 0) is 22.6 Å². The van der Waals surface area contributed by atoms with Gasteiger partial charge >= 0.3 is 0 Å². The van der Waals surface area contributed by atoms with E-state index in [-0.39, 0.29) is 23.5 Å². The van der Waals surface area contributed by atoms with Crippen molar-refractivity contribution in [2.75, 3.05) is 20.2 Å². The van der Waals surface area contributed by atoms with Crippen LogP contribution in [-0.4, -0.2) is 36.9 Å². The van der Waals surface area contributed by atoms with Crippen LogP contribution in [0.2, 0.25) is 0 Å². The van der Waals surface area contributed by atoms with Crippen LogP contribution in [0.1, 0.15) is 24.0 Å². The van der Waals surface area contributed by atoms with Gasteiger partial charge in [0.25, 0.3) is 0 Å². The Kier molecular flexibility index (Phi) is 6.63. The molecule has 2 amide bonds. The molecule has 0 radical (unpaired) electrons. The van der Waals surface area contributed by atoms with E-state index >= 15 is 0 Å². The molecule has 5 nitrogen and oxygen atoms in total. The summed E-state index contributed by atoms with van der Waals surface area (Å²) in [5, 5.41) is 2.91. The minimum Gasteiger partial charge on any atom is -0.496 e. The first-order valence-electron chi connectivity index (χ1n) is 9.48. The highest BCUT2D eigenvalue weighted by atomic mass is 19.1. The van der Waals surface area contributed by atoms with Crippen molar-refractivity contribution in [3.8, 4) is 5.75 Å². The van der Waals surface area contributed by atoms with Crippen molar-refractivity contribution in [1.82, 2.24) is 10.2 Å². The van der Waals surface area contributed by atoms with Crippen molar-refractivity contribution in [2.24, 2.45) is 5.92 Å². The highest BCUT2D eigenvalue weighted by Crippen LogP contribution is 2.22. The summed E-state index contributed by atoms with van der Waals surface area (Å²) in [5.41, 5.74) is 1.73. The molecule has 0 unspecified atom stereocenters. The molecule has 1 aliphatic rings. The predicted molar refractivity (Wildman–Crippen MR) is 104 cm³/mol. The van der Waals surface area contributed by atoms with E-state index < -0.39 is 0 Å². The van der Waals surface area contributed by atoms with Gasteiger partial charge in [0, 0.05) is 31.1 Å². The standard InChI is InChI=1S/C22H25FN2O3/c1-28-20-5-3-2-4-18(20)14-21(26)25-12-10-17(11-13-25)22(27)24-15-16-6-8-19(23)9-7-16/h2-9,17H,10-15H2,1H3,(H,24,27). The molecular formula is C22H25FN2O3. The Hall–Kier alpha value is -2.89. The van der Waals surface area contributed by atoms with Crippen LogP contribution in [0.4, 0.5) is 4.39 Å². The van der Waals surface area contributed by atoms with Gasteiger partial charge in [0.15, 0.2) is 0 Å². The number of benzene rings is 2. The SMILES string of the molecule is COc1ccccc1CC(=O)N1CCC(C(=O)NCc2ccc(F)cc2)CC1. The number of rotatable bonds is 6. The van der Waals surface area contributed by atoms with Crippen LogP contribution < -0.4 is 10.1 Å². The zero-order valence-corrected chi connectivity index (χ0v) is 16.0. The number of ether oxygens (including phenoxy) is 1. The number of amides is 2. The lowest BCUT2D eigenvalue weighted by molar-refractivity contribution is -0.135. The highest BCUT2D eigenvalue weighted by molar-refractivity contribution is 5.81. The van der Waals surface area contributed by atoms with E-state index in [0.717, 1.165) is 11.1 Å². The number of nitrogens with one attached hydrogen (secondary N) is 1. The number of carbonyl (C=O) groups is 2. The molecule has 1 fully saturated rings. The van der Waals surface area contributed by atoms with Crippen LogP contribution in [0.3, 0.4) is 0 Å². The van der Waals surface area contributed by atoms with Gasteiger partial charge in [-0.25, -0.2) is 4.39 Å². The summed E-state index contributed by atoms with van der Waals surface area (Å²) in [6.45, 7) is 1.53. The molecule has 2 aromatic carbocycles. The van der Waals surface area contributed by atoms with E-state index in [2.05, 4.69) is 5.32 Å². The van der Waals surface area contributed by atoms with Crippen LogP contribution in [0, 0.1) is 11.7 Å². The summed E-state index contributed by atoms with van der Waals surface area (Å²) in [4.78, 5) is 26.8. The largest absolute Gasteiger partial charge is 0.496 e. The Morgan fingerprint density at radius 1 is 1.11 bits per heavy atom. The van der Waals surface area contributed by atoms with E-state index in [1.807, 2.05) is 29.2 Å². The number of para-hydroxylation sites is 1. The fraction of sp³-hybridized carbons (Fsp3) is 0.364. The van der Waals surface area contributed by atoms with Crippen molar-refractivity contribution in [1.29, 1.82) is 0 Å². The fourth-order valence-electron chi connectivity index (χ4n) is 3.45. The normalized spacial score (nSPS) is 14.6. The minimum atomic E-state index is -0.291. The first kappa shape index (κ1) is 19.9. The summed E-state index contributed by atoms with van der Waals surface area (Å²) in [6.07, 6.45) is 1.59. The van der Waals surface area contributed by atoms with Crippen LogP contribution in [0.15, 0.2) is 48.5 Å². The van der Waals surface area contributed by atoms with Gasteiger partial charge < -0.3 is 15.0 Å². The molecule has 0 aromatic heterocycles. The Morgan fingerprint density at radius 2 is 1.79 bits per heavy atom. The Labute approximate surface area is 164 Å². The number of nitrogens with zero attached hydrogens (tertiary/aromatic N) is 1. The molecule has 28 heavy (non-hydrogen) atoms. The first-order valence-corrected chi connectivity index (χ1v) is 9.48. The van der Waals surface area contributed by atoms with Gasteiger partial charge in [-0.1, -0.05) is 30.3 Å². The summed E-state index contributed by atoms with van der Waals surface area (Å²) in [5.74, 6) is 0.359. The summed E-state index contributed by atoms with van der Waals surface area (Å²) in [6, 6.07) is 13.6. The molecule has 1 saturated heterocycles. The molecule has 2 aromatic rings. The topological polar surface area (TPSA) is 58.6 Å². The third-order valence-electron chi connectivity index (χ3n) is 5.13. The number of methoxy groups -OCH3 is 1. The molecule has 1 heterocycles. The molecule has 1 N–H and O–H groups in total. The van der Waals surface area contributed by atoms with E-state index in [1.165, 1.54) is 12.1 Å². The van der Waals surface area contributed by atoms with E-state index in [1.54, 1.807) is 19.2 Å². The number of halogens is 1. The van der Waals surface area contributed by atoms with Crippen molar-refractivity contribution < 1.29 is 18.7 Å². The molecule has 0 spiro atoms. The maximum atomic E-state index is 12.9. The number of hydrogen-bond donors (Lipinski definition) is 1. The van der Waals surface area contributed by atoms with Crippen LogP contribution >= 0.6 is 0 Å². The summed E-state index contributed by atoms with van der Waals surface area (Å²) < 4.78 is 18.2. The second-order valence-electron chi connectivity index (χ2n) is 6.99. The van der Waals surface area contributed by atoms with Crippen molar-refractivity contribution in [3.63, 3.8) is 0 Å². The maximum Gasteiger partial charge on any atom is 0.227 e. The van der Waals surface area contributed by atoms with Gasteiger partial charge in [-0.3, -0.25) is 9.59 Å². The Bertz CT molecular complexity index is 815. The summed E-state index contributed by atoms with van der Waals surface area (Å²) >= 11 is 0. The van der Waals surface area contributed by atoms with Crippen molar-refractivity contribution in [3.05, 3.63) is 65.5 Å². The summed E-state index contributed by atoms with van der Waals surface area (Å²) in [7, 11) is 1.60. The molecule has 0 saturated carbocycles. The maximum absolute atomic E-state index is 12.9. The second kappa shape index (κ2) is 9.35. The third-order valence-corrected chi connectivity index (χ3v) is 5.13. The van der Waals surface area contributed by atoms with E-state index in [0.29, 0.717) is 44.6 Å². The predicted octanol–water partition coefficient (Wildman–Crippen LogP) is 2.93. The monoisotopic (exact) mass is 384 g/mol. The van der Waals surface area contributed by atoms with Crippen LogP contribution in [0.25, 0.3) is 0 Å². The van der Waals surface area contributed by atoms with Gasteiger partial charge in [0.05, 0.1) is 13.5 Å². The zero-order valence-electron chi connectivity index (χ0n) is 16.0. The quantitative estimate of drug-likeness (QED) is 0.833. The highest BCUT2D eigenvalue weighted by Gasteiger charge is 2.27. The van der Waals surface area contributed by atoms with Gasteiger partial charge in [-0.2, -0.15) is 0 Å². The molecule has 148 valence electrons. The van der Waals surface area contributed by atoms with Gasteiger partial charge in [0.2, 0.25) is 11.8 Å². The lowest BCUT2D eigenvalue weighted by Crippen LogP contribution is -2.43. The van der Waals surface area contributed by atoms with Crippen molar-refractivity contribution >= 4 is 11.8 Å². The number of carbonyl (C=O) groups excluding carboxylic acids is 2. The first-order chi connectivity index (χ1) is 13.6. The van der Waals surface area contributed by atoms with Crippen molar-refractivity contribution in [2.45, 2.75) is 25.8 Å². The molecule has 0 bridgehead atoms. The number of hydrogen-bond acceptors (Lipinski definition) is 3. The third kappa shape index (κ3) is 5.09. The van der Waals surface area contributed by atoms with Gasteiger partial charge in [0.1, 0.15) is 11.6 Å². The Balaban J connectivity index is 1.46. The number of likely N-dealkylation sites (tertiary alicyclic amines) is 1. The fourth-order valence-corrected chi connectivity index (χ4v) is 3.45. The molecular weight excluding hydrogens is 359 g/mol. The smallest absolute Gasteiger partial charge is 0.227 e. The van der Waals surface area contributed by atoms with Crippen LogP contribution in [0.5, 0.6) is 5.75 Å². The van der Waals surface area contributed by atoms with Gasteiger partial charge in [-0.15, -0.1) is 0 Å². The lowest BCUT2D eigenvalue weighted by Gasteiger charge is -2.31. The van der Waals surface area contributed by atoms with Gasteiger partial charge in [-0.05, 0) is 36.6 Å². The lowest BCUT2D eigenvalue weighted by atomic mass is 9.95. The second-order valence-corrected chi connectivity index (χ2v) is 6.99. The molecule has 3 rings (SSSR count). The molecule has 0 atom stereocenters. The molecule has 6 heteroatoms. The van der Waals surface area contributed by atoms with E-state index in [9.17, 15) is 14.0 Å².